The fourth-order valence-electron chi connectivity index (χ4n) is 6.02. The van der Waals surface area contributed by atoms with Crippen LogP contribution in [-0.2, 0) is 4.74 Å². The molecule has 20 heavy (non-hydrogen) atoms. The fourth-order valence-corrected chi connectivity index (χ4v) is 6.02. The Morgan fingerprint density at radius 3 is 1.95 bits per heavy atom. The Morgan fingerprint density at radius 1 is 0.900 bits per heavy atom. The van der Waals surface area contributed by atoms with Crippen LogP contribution in [0, 0.1) is 34.5 Å². The number of nitrogens with zero attached hydrogens (tertiary/aromatic N) is 1. The Balaban J connectivity index is 1.45. The van der Waals surface area contributed by atoms with Gasteiger partial charge >= 0.3 is 0 Å². The molecule has 2 heteroatoms. The van der Waals surface area contributed by atoms with Gasteiger partial charge in [-0.05, 0) is 69.1 Å². The van der Waals surface area contributed by atoms with Crippen LogP contribution in [0.2, 0.25) is 0 Å². The second-order valence-electron chi connectivity index (χ2n) is 8.34. The topological polar surface area (TPSA) is 33.0 Å². The Bertz CT molecular complexity index is 380. The van der Waals surface area contributed by atoms with Crippen molar-refractivity contribution in [2.45, 2.75) is 76.2 Å². The molecule has 2 nitrogen and oxygen atoms in total. The van der Waals surface area contributed by atoms with Gasteiger partial charge in [0.25, 0.3) is 0 Å². The van der Waals surface area contributed by atoms with Gasteiger partial charge in [-0.25, -0.2) is 0 Å². The summed E-state index contributed by atoms with van der Waals surface area (Å²) >= 11 is 0. The first-order chi connectivity index (χ1) is 9.71. The molecule has 4 bridgehead atoms. The Morgan fingerprint density at radius 2 is 1.45 bits per heavy atom. The lowest BCUT2D eigenvalue weighted by atomic mass is 9.54. The summed E-state index contributed by atoms with van der Waals surface area (Å²) in [4.78, 5) is 0. The average Bonchev–Trinajstić information content (AvgIpc) is 2.45. The van der Waals surface area contributed by atoms with Crippen LogP contribution in [0.15, 0.2) is 0 Å². The van der Waals surface area contributed by atoms with Crippen molar-refractivity contribution >= 4 is 0 Å². The summed E-state index contributed by atoms with van der Waals surface area (Å²) in [6.07, 6.45) is 14.1. The van der Waals surface area contributed by atoms with Crippen molar-refractivity contribution in [3.8, 4) is 6.07 Å². The van der Waals surface area contributed by atoms with Crippen LogP contribution in [-0.4, -0.2) is 12.2 Å². The van der Waals surface area contributed by atoms with Crippen LogP contribution in [0.25, 0.3) is 0 Å². The number of rotatable bonds is 3. The maximum atomic E-state index is 9.62. The largest absolute Gasteiger partial charge is 0.373 e. The van der Waals surface area contributed by atoms with E-state index >= 15 is 0 Å². The van der Waals surface area contributed by atoms with E-state index in [1.165, 1.54) is 57.8 Å². The van der Waals surface area contributed by atoms with E-state index in [0.717, 1.165) is 37.2 Å². The third-order valence-electron chi connectivity index (χ3n) is 6.68. The number of hydrogen-bond donors (Lipinski definition) is 0. The second-order valence-corrected chi connectivity index (χ2v) is 8.34. The highest BCUT2D eigenvalue weighted by Crippen LogP contribution is 2.57. The maximum Gasteiger partial charge on any atom is 0.0807 e. The van der Waals surface area contributed by atoms with Crippen molar-refractivity contribution in [2.75, 3.05) is 6.61 Å². The van der Waals surface area contributed by atoms with Crippen molar-refractivity contribution in [1.29, 1.82) is 5.26 Å². The Labute approximate surface area is 122 Å². The summed E-state index contributed by atoms with van der Waals surface area (Å²) in [5.74, 6) is 2.81. The van der Waals surface area contributed by atoms with E-state index in [1.807, 2.05) is 0 Å². The third-order valence-corrected chi connectivity index (χ3v) is 6.68. The lowest BCUT2D eigenvalue weighted by Gasteiger charge is -2.56. The zero-order chi connectivity index (χ0) is 13.6. The molecule has 0 aromatic heterocycles. The molecule has 5 rings (SSSR count). The molecule has 0 N–H and O–H groups in total. The summed E-state index contributed by atoms with van der Waals surface area (Å²) in [7, 11) is 0. The molecule has 5 fully saturated rings. The standard InChI is InChI=1S/C18H27NO/c19-12-17(4-2-1-3-5-17)13-20-18-9-14-6-15(10-18)8-16(7-14)11-18/h14-16H,1-11,13H2. The lowest BCUT2D eigenvalue weighted by molar-refractivity contribution is -0.176. The van der Waals surface area contributed by atoms with E-state index in [0.29, 0.717) is 0 Å². The molecule has 0 spiro atoms. The first kappa shape index (κ1) is 13.1. The molecule has 0 aromatic carbocycles. The highest BCUT2D eigenvalue weighted by Gasteiger charge is 2.52. The van der Waals surface area contributed by atoms with Crippen molar-refractivity contribution < 1.29 is 4.74 Å². The molecule has 5 aliphatic rings. The van der Waals surface area contributed by atoms with Crippen LogP contribution in [0.4, 0.5) is 0 Å². The highest BCUT2D eigenvalue weighted by atomic mass is 16.5. The van der Waals surface area contributed by atoms with Gasteiger partial charge in [-0.15, -0.1) is 0 Å². The van der Waals surface area contributed by atoms with Gasteiger partial charge in [0.05, 0.1) is 23.7 Å². The average molecular weight is 273 g/mol. The maximum absolute atomic E-state index is 9.62. The molecule has 5 aliphatic carbocycles. The minimum Gasteiger partial charge on any atom is -0.373 e. The molecule has 0 atom stereocenters. The molecule has 0 aromatic rings. The summed E-state index contributed by atoms with van der Waals surface area (Å²) < 4.78 is 6.55. The monoisotopic (exact) mass is 273 g/mol. The summed E-state index contributed by atoms with van der Waals surface area (Å²) in [6.45, 7) is 0.718. The highest BCUT2D eigenvalue weighted by molar-refractivity contribution is 5.05. The third kappa shape index (κ3) is 2.19. The Hall–Kier alpha value is -0.550. The van der Waals surface area contributed by atoms with Gasteiger partial charge < -0.3 is 4.74 Å². The summed E-state index contributed by atoms with van der Waals surface area (Å²) in [5.41, 5.74) is 0.0254. The van der Waals surface area contributed by atoms with E-state index in [1.54, 1.807) is 0 Å². The molecule has 0 saturated heterocycles. The summed E-state index contributed by atoms with van der Waals surface area (Å²) in [6, 6.07) is 2.62. The number of hydrogen-bond acceptors (Lipinski definition) is 2. The van der Waals surface area contributed by atoms with Gasteiger partial charge in [0.2, 0.25) is 0 Å². The van der Waals surface area contributed by atoms with Crippen LogP contribution in [0.1, 0.15) is 70.6 Å². The molecule has 110 valence electrons. The second kappa shape index (κ2) is 4.73. The van der Waals surface area contributed by atoms with Crippen LogP contribution >= 0.6 is 0 Å². The quantitative estimate of drug-likeness (QED) is 0.761. The zero-order valence-electron chi connectivity index (χ0n) is 12.6. The van der Waals surface area contributed by atoms with Crippen LogP contribution in [0.5, 0.6) is 0 Å². The number of ether oxygens (including phenoxy) is 1. The summed E-state index contributed by atoms with van der Waals surface area (Å²) in [5, 5.41) is 9.62. The minimum absolute atomic E-state index is 0.151. The predicted molar refractivity (Wildman–Crippen MR) is 78.0 cm³/mol. The van der Waals surface area contributed by atoms with Gasteiger partial charge in [0.15, 0.2) is 0 Å². The molecule has 5 saturated carbocycles. The SMILES string of the molecule is N#CC1(COC23CC4CC(CC(C4)C2)C3)CCCCC1. The van der Waals surface area contributed by atoms with Crippen molar-refractivity contribution in [3.05, 3.63) is 0 Å². The lowest BCUT2D eigenvalue weighted by Crippen LogP contribution is -2.53. The smallest absolute Gasteiger partial charge is 0.0807 e. The molecular formula is C18H27NO. The van der Waals surface area contributed by atoms with Gasteiger partial charge in [0.1, 0.15) is 0 Å². The van der Waals surface area contributed by atoms with Crippen LogP contribution < -0.4 is 0 Å². The number of nitriles is 1. The van der Waals surface area contributed by atoms with E-state index in [4.69, 9.17) is 4.74 Å². The first-order valence-corrected chi connectivity index (χ1v) is 8.76. The van der Waals surface area contributed by atoms with Crippen molar-refractivity contribution in [2.24, 2.45) is 23.2 Å². The predicted octanol–water partition coefficient (Wildman–Crippen LogP) is 4.45. The molecule has 0 aliphatic heterocycles. The van der Waals surface area contributed by atoms with E-state index < -0.39 is 0 Å². The van der Waals surface area contributed by atoms with E-state index in [9.17, 15) is 5.26 Å². The first-order valence-electron chi connectivity index (χ1n) is 8.76. The van der Waals surface area contributed by atoms with Crippen molar-refractivity contribution in [1.82, 2.24) is 0 Å². The van der Waals surface area contributed by atoms with E-state index in [2.05, 4.69) is 6.07 Å². The fraction of sp³-hybridized carbons (Fsp3) is 0.944. The Kier molecular flexibility index (Phi) is 3.11. The molecule has 0 unspecified atom stereocenters. The molecular weight excluding hydrogens is 246 g/mol. The van der Waals surface area contributed by atoms with Crippen molar-refractivity contribution in [3.63, 3.8) is 0 Å². The normalized spacial score (nSPS) is 45.2. The minimum atomic E-state index is -0.151. The van der Waals surface area contributed by atoms with Crippen LogP contribution in [0.3, 0.4) is 0 Å². The molecule has 0 radical (unpaired) electrons. The van der Waals surface area contributed by atoms with E-state index in [-0.39, 0.29) is 11.0 Å². The zero-order valence-corrected chi connectivity index (χ0v) is 12.6. The van der Waals surface area contributed by atoms with Gasteiger partial charge in [-0.2, -0.15) is 5.26 Å². The van der Waals surface area contributed by atoms with Gasteiger partial charge in [0, 0.05) is 0 Å². The molecule has 0 amide bonds. The van der Waals surface area contributed by atoms with Gasteiger partial charge in [-0.3, -0.25) is 0 Å². The van der Waals surface area contributed by atoms with Gasteiger partial charge in [-0.1, -0.05) is 19.3 Å². The molecule has 0 heterocycles.